The van der Waals surface area contributed by atoms with E-state index in [0.29, 0.717) is 5.88 Å². The molecule has 1 aromatic heterocycles. The van der Waals surface area contributed by atoms with Crippen LogP contribution in [-0.4, -0.2) is 51.0 Å². The molecule has 1 aliphatic heterocycles. The number of carboxylic acids is 1. The molecule has 36 heavy (non-hydrogen) atoms. The maximum Gasteiger partial charge on any atom is 0.326 e. The van der Waals surface area contributed by atoms with Crippen LogP contribution in [-0.2, 0) is 9.59 Å². The maximum absolute atomic E-state index is 14.1. The third kappa shape index (κ3) is 5.28. The smallest absolute Gasteiger partial charge is 0.326 e. The maximum atomic E-state index is 14.1. The average Bonchev–Trinajstić information content (AvgIpc) is 3.19. The molecule has 1 saturated heterocycles. The first kappa shape index (κ1) is 26.2. The number of methoxy groups -OCH3 is 1. The average molecular weight is 515 g/mol. The van der Waals surface area contributed by atoms with Gasteiger partial charge in [0.2, 0.25) is 17.7 Å². The number of ether oxygens (including phenoxy) is 1. The number of rotatable bonds is 6. The van der Waals surface area contributed by atoms with E-state index in [2.05, 4.69) is 15.3 Å². The van der Waals surface area contributed by atoms with Crippen LogP contribution in [0.25, 0.3) is 0 Å². The first-order valence-electron chi connectivity index (χ1n) is 12.6. The minimum atomic E-state index is -1.01. The number of hydrogen-bond acceptors (Lipinski definition) is 6. The van der Waals surface area contributed by atoms with Gasteiger partial charge in [0.15, 0.2) is 0 Å². The minimum absolute atomic E-state index is 0.0842. The first-order chi connectivity index (χ1) is 17.1. The predicted octanol–water partition coefficient (Wildman–Crippen LogP) is 5.20. The number of hydrogen-bond donors (Lipinski definition) is 2. The van der Waals surface area contributed by atoms with Gasteiger partial charge in [-0.3, -0.25) is 4.79 Å². The molecule has 4 rings (SSSR count). The lowest BCUT2D eigenvalue weighted by molar-refractivity contribution is -0.154. The van der Waals surface area contributed by atoms with Crippen molar-refractivity contribution in [2.45, 2.75) is 71.0 Å². The summed E-state index contributed by atoms with van der Waals surface area (Å²) < 4.78 is 5.27. The third-order valence-corrected chi connectivity index (χ3v) is 7.64. The second kappa shape index (κ2) is 10.6. The molecule has 9 heteroatoms. The molecule has 2 aromatic rings. The van der Waals surface area contributed by atoms with E-state index in [-0.39, 0.29) is 22.9 Å². The number of halogens is 1. The Balaban J connectivity index is 1.87. The summed E-state index contributed by atoms with van der Waals surface area (Å²) >= 11 is 6.22. The van der Waals surface area contributed by atoms with Gasteiger partial charge in [0.25, 0.3) is 0 Å². The molecular weight excluding hydrogens is 480 g/mol. The Morgan fingerprint density at radius 3 is 2.36 bits per heavy atom. The lowest BCUT2D eigenvalue weighted by Gasteiger charge is -2.35. The first-order valence-corrected chi connectivity index (χ1v) is 12.9. The number of carbonyl (C=O) groups excluding carboxylic acids is 1. The van der Waals surface area contributed by atoms with Gasteiger partial charge >= 0.3 is 5.97 Å². The summed E-state index contributed by atoms with van der Waals surface area (Å²) in [6, 6.07) is 9.12. The molecule has 0 radical (unpaired) electrons. The molecule has 2 fully saturated rings. The fourth-order valence-corrected chi connectivity index (χ4v) is 6.11. The van der Waals surface area contributed by atoms with E-state index >= 15 is 0 Å². The summed E-state index contributed by atoms with van der Waals surface area (Å²) in [5.74, 6) is -1.18. The number of amides is 1. The van der Waals surface area contributed by atoms with Crippen molar-refractivity contribution in [2.75, 3.05) is 12.4 Å². The SMILES string of the molecule is COc1cc(Cl)nc(N[C@@H]2[C@@H](C(C)(C)C)[C@H](C(=O)O)N(C(=O)C3CCCCC3)[C@@H]2c2ccccc2)n1. The van der Waals surface area contributed by atoms with Gasteiger partial charge in [0, 0.05) is 17.9 Å². The van der Waals surface area contributed by atoms with Gasteiger partial charge in [0.05, 0.1) is 19.2 Å². The zero-order valence-corrected chi connectivity index (χ0v) is 22.0. The normalized spacial score (nSPS) is 25.0. The summed E-state index contributed by atoms with van der Waals surface area (Å²) in [7, 11) is 1.49. The van der Waals surface area contributed by atoms with Crippen LogP contribution in [0.2, 0.25) is 5.15 Å². The summed E-state index contributed by atoms with van der Waals surface area (Å²) in [6.45, 7) is 6.04. The topological polar surface area (TPSA) is 105 Å². The van der Waals surface area contributed by atoms with Gasteiger partial charge in [-0.05, 0) is 23.8 Å². The molecule has 194 valence electrons. The number of anilines is 1. The summed E-state index contributed by atoms with van der Waals surface area (Å²) in [6.07, 6.45) is 4.65. The number of likely N-dealkylation sites (tertiary alicyclic amines) is 1. The van der Waals surface area contributed by atoms with Crippen LogP contribution in [0.4, 0.5) is 5.95 Å². The van der Waals surface area contributed by atoms with Crippen molar-refractivity contribution < 1.29 is 19.4 Å². The van der Waals surface area contributed by atoms with Gasteiger partial charge in [-0.1, -0.05) is 82.0 Å². The van der Waals surface area contributed by atoms with Gasteiger partial charge in [0.1, 0.15) is 11.2 Å². The Bertz CT molecular complexity index is 1080. The highest BCUT2D eigenvalue weighted by Crippen LogP contribution is 2.50. The van der Waals surface area contributed by atoms with Crippen molar-refractivity contribution in [3.05, 3.63) is 47.1 Å². The Morgan fingerprint density at radius 1 is 1.11 bits per heavy atom. The second-order valence-corrected chi connectivity index (χ2v) is 11.2. The van der Waals surface area contributed by atoms with Crippen LogP contribution in [0.3, 0.4) is 0 Å². The second-order valence-electron chi connectivity index (χ2n) is 10.8. The van der Waals surface area contributed by atoms with Gasteiger partial charge in [-0.2, -0.15) is 4.98 Å². The van der Waals surface area contributed by atoms with E-state index in [1.807, 2.05) is 51.1 Å². The summed E-state index contributed by atoms with van der Waals surface area (Å²) in [5, 5.41) is 14.1. The summed E-state index contributed by atoms with van der Waals surface area (Å²) in [4.78, 5) is 37.4. The molecule has 1 saturated carbocycles. The molecular formula is C27H35ClN4O4. The van der Waals surface area contributed by atoms with Gasteiger partial charge < -0.3 is 20.1 Å². The molecule has 8 nitrogen and oxygen atoms in total. The van der Waals surface area contributed by atoms with Crippen molar-refractivity contribution in [1.82, 2.24) is 14.9 Å². The number of nitrogens with zero attached hydrogens (tertiary/aromatic N) is 3. The number of benzene rings is 1. The van der Waals surface area contributed by atoms with Crippen LogP contribution in [0.15, 0.2) is 36.4 Å². The van der Waals surface area contributed by atoms with Crippen LogP contribution >= 0.6 is 11.6 Å². The van der Waals surface area contributed by atoms with Crippen molar-refractivity contribution in [2.24, 2.45) is 17.3 Å². The lowest BCUT2D eigenvalue weighted by Crippen LogP contribution is -2.49. The van der Waals surface area contributed by atoms with Gasteiger partial charge in [-0.15, -0.1) is 0 Å². The van der Waals surface area contributed by atoms with Crippen LogP contribution in [0.1, 0.15) is 64.5 Å². The minimum Gasteiger partial charge on any atom is -0.481 e. The van der Waals surface area contributed by atoms with E-state index in [1.54, 1.807) is 4.90 Å². The van der Waals surface area contributed by atoms with Crippen LogP contribution in [0, 0.1) is 17.3 Å². The highest BCUT2D eigenvalue weighted by molar-refractivity contribution is 6.29. The van der Waals surface area contributed by atoms with Crippen molar-refractivity contribution >= 4 is 29.4 Å². The van der Waals surface area contributed by atoms with E-state index in [4.69, 9.17) is 16.3 Å². The quantitative estimate of drug-likeness (QED) is 0.510. The van der Waals surface area contributed by atoms with Crippen LogP contribution in [0.5, 0.6) is 5.88 Å². The zero-order valence-electron chi connectivity index (χ0n) is 21.3. The Kier molecular flexibility index (Phi) is 7.73. The molecule has 4 atom stereocenters. The highest BCUT2D eigenvalue weighted by atomic mass is 35.5. The molecule has 0 bridgehead atoms. The number of aromatic nitrogens is 2. The molecule has 0 unspecified atom stereocenters. The molecule has 0 spiro atoms. The molecule has 2 heterocycles. The monoisotopic (exact) mass is 514 g/mol. The third-order valence-electron chi connectivity index (χ3n) is 7.45. The largest absolute Gasteiger partial charge is 0.481 e. The predicted molar refractivity (Wildman–Crippen MR) is 138 cm³/mol. The zero-order chi connectivity index (χ0) is 26.0. The van der Waals surface area contributed by atoms with E-state index in [9.17, 15) is 14.7 Å². The fourth-order valence-electron chi connectivity index (χ4n) is 5.93. The van der Waals surface area contributed by atoms with E-state index in [0.717, 1.165) is 37.7 Å². The number of nitrogens with one attached hydrogen (secondary N) is 1. The van der Waals surface area contributed by atoms with E-state index < -0.39 is 35.4 Å². The summed E-state index contributed by atoms with van der Waals surface area (Å²) in [5.41, 5.74) is 0.407. The Hall–Kier alpha value is -2.87. The number of carbonyl (C=O) groups is 2. The van der Waals surface area contributed by atoms with Crippen LogP contribution < -0.4 is 10.1 Å². The molecule has 1 aromatic carbocycles. The number of aliphatic carboxylic acids is 1. The van der Waals surface area contributed by atoms with Gasteiger partial charge in [-0.25, -0.2) is 9.78 Å². The molecule has 2 N–H and O–H groups in total. The van der Waals surface area contributed by atoms with Crippen molar-refractivity contribution in [3.63, 3.8) is 0 Å². The number of carboxylic acid groups (broad SMARTS) is 1. The Morgan fingerprint density at radius 2 is 1.78 bits per heavy atom. The highest BCUT2D eigenvalue weighted by Gasteiger charge is 2.58. The molecule has 1 aliphatic carbocycles. The molecule has 2 aliphatic rings. The fraction of sp³-hybridized carbons (Fsp3) is 0.556. The van der Waals surface area contributed by atoms with E-state index in [1.165, 1.54) is 13.2 Å². The standard InChI is InChI=1S/C27H35ClN4O4/c1-27(2,3)20-21(31-26-29-18(28)15-19(30-26)36-4)22(16-11-7-5-8-12-16)32(23(20)25(34)35)24(33)17-13-9-6-10-14-17/h5,7-8,11-12,15,17,20-23H,6,9-10,13-14H2,1-4H3,(H,34,35)(H,29,30,31)/t20-,21-,22-,23-/m1/s1. The Labute approximate surface area is 217 Å². The van der Waals surface area contributed by atoms with Crippen molar-refractivity contribution in [3.8, 4) is 5.88 Å². The lowest BCUT2D eigenvalue weighted by atomic mass is 9.72. The van der Waals surface area contributed by atoms with Crippen molar-refractivity contribution in [1.29, 1.82) is 0 Å². The molecule has 1 amide bonds.